The lowest BCUT2D eigenvalue weighted by Gasteiger charge is -2.31. The molecule has 1 atom stereocenters. The number of amides is 2. The monoisotopic (exact) mass is 476 g/mol. The number of thioether (sulfide) groups is 1. The first-order valence-corrected chi connectivity index (χ1v) is 12.5. The molecule has 3 aromatic carbocycles. The van der Waals surface area contributed by atoms with Crippen molar-refractivity contribution in [2.45, 2.75) is 37.2 Å². The van der Waals surface area contributed by atoms with Crippen LogP contribution in [-0.4, -0.2) is 42.2 Å². The molecule has 178 valence electrons. The van der Waals surface area contributed by atoms with Crippen molar-refractivity contribution in [3.05, 3.63) is 96.1 Å². The number of carbonyl (C=O) groups excluding carboxylic acids is 2. The Morgan fingerprint density at radius 2 is 1.62 bits per heavy atom. The highest BCUT2D eigenvalue weighted by molar-refractivity contribution is 7.99. The molecule has 34 heavy (non-hydrogen) atoms. The summed E-state index contributed by atoms with van der Waals surface area (Å²) in [5.74, 6) is 1.18. The molecule has 1 N–H and O–H groups in total. The average molecular weight is 477 g/mol. The van der Waals surface area contributed by atoms with E-state index in [1.165, 1.54) is 0 Å². The fourth-order valence-corrected chi connectivity index (χ4v) is 4.59. The topological polar surface area (TPSA) is 58.6 Å². The van der Waals surface area contributed by atoms with Gasteiger partial charge in [-0.2, -0.15) is 0 Å². The number of carbonyl (C=O) groups is 2. The molecule has 0 unspecified atom stereocenters. The molecule has 3 rings (SSSR count). The molecule has 0 aromatic heterocycles. The molecule has 0 saturated heterocycles. The predicted molar refractivity (Wildman–Crippen MR) is 138 cm³/mol. The maximum absolute atomic E-state index is 13.5. The summed E-state index contributed by atoms with van der Waals surface area (Å²) in [7, 11) is 1.62. The Hall–Kier alpha value is -3.25. The van der Waals surface area contributed by atoms with Crippen molar-refractivity contribution in [1.82, 2.24) is 10.2 Å². The second kappa shape index (κ2) is 13.5. The molecule has 0 aliphatic heterocycles. The summed E-state index contributed by atoms with van der Waals surface area (Å²) >= 11 is 1.64. The molecule has 0 spiro atoms. The van der Waals surface area contributed by atoms with Crippen LogP contribution in [0.4, 0.5) is 0 Å². The van der Waals surface area contributed by atoms with Crippen molar-refractivity contribution in [2.24, 2.45) is 0 Å². The number of nitrogens with zero attached hydrogens (tertiary/aromatic N) is 1. The summed E-state index contributed by atoms with van der Waals surface area (Å²) < 4.78 is 5.37. The molecule has 0 bridgehead atoms. The Morgan fingerprint density at radius 3 is 2.29 bits per heavy atom. The van der Waals surface area contributed by atoms with Gasteiger partial charge in [-0.1, -0.05) is 60.7 Å². The van der Waals surface area contributed by atoms with Crippen molar-refractivity contribution in [3.63, 3.8) is 0 Å². The Labute approximate surface area is 206 Å². The van der Waals surface area contributed by atoms with Gasteiger partial charge in [0.1, 0.15) is 11.8 Å². The van der Waals surface area contributed by atoms with Crippen LogP contribution in [0.15, 0.2) is 89.8 Å². The van der Waals surface area contributed by atoms with E-state index in [4.69, 9.17) is 4.74 Å². The average Bonchev–Trinajstić information content (AvgIpc) is 2.87. The highest BCUT2D eigenvalue weighted by Gasteiger charge is 2.30. The predicted octanol–water partition coefficient (Wildman–Crippen LogP) is 4.95. The van der Waals surface area contributed by atoms with Gasteiger partial charge in [0.25, 0.3) is 0 Å². The molecule has 3 aromatic rings. The van der Waals surface area contributed by atoms with Gasteiger partial charge in [-0.25, -0.2) is 0 Å². The minimum Gasteiger partial charge on any atom is -0.497 e. The molecular weight excluding hydrogens is 444 g/mol. The fourth-order valence-electron chi connectivity index (χ4n) is 3.73. The molecule has 0 aliphatic carbocycles. The van der Waals surface area contributed by atoms with E-state index < -0.39 is 6.04 Å². The number of rotatable bonds is 12. The smallest absolute Gasteiger partial charge is 0.243 e. The van der Waals surface area contributed by atoms with Crippen molar-refractivity contribution < 1.29 is 14.3 Å². The van der Waals surface area contributed by atoms with Crippen LogP contribution in [0.1, 0.15) is 24.5 Å². The summed E-state index contributed by atoms with van der Waals surface area (Å²) in [6, 6.07) is 26.9. The lowest BCUT2D eigenvalue weighted by molar-refractivity contribution is -0.140. The summed E-state index contributed by atoms with van der Waals surface area (Å²) in [6.45, 7) is 2.73. The SMILES string of the molecule is CCNC(=O)[C@H](Cc1ccccc1)N(Cc1cccc(OC)c1)C(=O)CCSc1ccccc1. The highest BCUT2D eigenvalue weighted by atomic mass is 32.2. The van der Waals surface area contributed by atoms with E-state index in [-0.39, 0.29) is 11.8 Å². The molecule has 6 heteroatoms. The zero-order valence-corrected chi connectivity index (χ0v) is 20.6. The van der Waals surface area contributed by atoms with Crippen LogP contribution in [-0.2, 0) is 22.6 Å². The van der Waals surface area contributed by atoms with Crippen LogP contribution in [0, 0.1) is 0 Å². The number of hydrogen-bond donors (Lipinski definition) is 1. The Morgan fingerprint density at radius 1 is 0.941 bits per heavy atom. The maximum Gasteiger partial charge on any atom is 0.243 e. The van der Waals surface area contributed by atoms with Crippen LogP contribution < -0.4 is 10.1 Å². The second-order valence-electron chi connectivity index (χ2n) is 7.88. The molecule has 2 amide bonds. The minimum atomic E-state index is -0.609. The summed E-state index contributed by atoms with van der Waals surface area (Å²) in [5.41, 5.74) is 1.94. The van der Waals surface area contributed by atoms with Crippen LogP contribution in [0.5, 0.6) is 5.75 Å². The molecule has 5 nitrogen and oxygen atoms in total. The van der Waals surface area contributed by atoms with Crippen molar-refractivity contribution >= 4 is 23.6 Å². The molecule has 0 saturated carbocycles. The Bertz CT molecular complexity index is 1040. The Balaban J connectivity index is 1.84. The minimum absolute atomic E-state index is 0.0431. The first kappa shape index (κ1) is 25.4. The fraction of sp³-hybridized carbons (Fsp3) is 0.286. The van der Waals surface area contributed by atoms with Gasteiger partial charge in [0.2, 0.25) is 11.8 Å². The third-order valence-electron chi connectivity index (χ3n) is 5.44. The number of ether oxygens (including phenoxy) is 1. The summed E-state index contributed by atoms with van der Waals surface area (Å²) in [4.78, 5) is 29.5. The zero-order chi connectivity index (χ0) is 24.2. The quantitative estimate of drug-likeness (QED) is 0.376. The number of hydrogen-bond acceptors (Lipinski definition) is 4. The lowest BCUT2D eigenvalue weighted by Crippen LogP contribution is -2.50. The lowest BCUT2D eigenvalue weighted by atomic mass is 10.0. The van der Waals surface area contributed by atoms with Gasteiger partial charge < -0.3 is 15.0 Å². The van der Waals surface area contributed by atoms with E-state index in [2.05, 4.69) is 5.32 Å². The van der Waals surface area contributed by atoms with Crippen LogP contribution in [0.25, 0.3) is 0 Å². The molecule has 0 fully saturated rings. The second-order valence-corrected chi connectivity index (χ2v) is 9.05. The number of methoxy groups -OCH3 is 1. The van der Waals surface area contributed by atoms with Crippen LogP contribution >= 0.6 is 11.8 Å². The van der Waals surface area contributed by atoms with Gasteiger partial charge >= 0.3 is 0 Å². The highest BCUT2D eigenvalue weighted by Crippen LogP contribution is 2.22. The first-order valence-electron chi connectivity index (χ1n) is 11.5. The van der Waals surface area contributed by atoms with E-state index in [0.717, 1.165) is 21.8 Å². The standard InChI is InChI=1S/C28H32N2O3S/c1-3-29-28(32)26(20-22-11-6-4-7-12-22)30(21-23-13-10-14-24(19-23)33-2)27(31)17-18-34-25-15-8-5-9-16-25/h4-16,19,26H,3,17-18,20-21H2,1-2H3,(H,29,32)/t26-/m0/s1. The summed E-state index contributed by atoms with van der Waals surface area (Å²) in [5, 5.41) is 2.93. The third-order valence-corrected chi connectivity index (χ3v) is 6.45. The normalized spacial score (nSPS) is 11.5. The number of likely N-dealkylation sites (N-methyl/N-ethyl adjacent to an activating group) is 1. The van der Waals surface area contributed by atoms with E-state index >= 15 is 0 Å². The molecule has 0 heterocycles. The van der Waals surface area contributed by atoms with Crippen molar-refractivity contribution in [2.75, 3.05) is 19.4 Å². The first-order chi connectivity index (χ1) is 16.6. The van der Waals surface area contributed by atoms with E-state index in [0.29, 0.717) is 31.7 Å². The van der Waals surface area contributed by atoms with Crippen LogP contribution in [0.3, 0.4) is 0 Å². The van der Waals surface area contributed by atoms with Crippen LogP contribution in [0.2, 0.25) is 0 Å². The van der Waals surface area contributed by atoms with Gasteiger partial charge in [0.15, 0.2) is 0 Å². The molecule has 0 aliphatic rings. The van der Waals surface area contributed by atoms with Gasteiger partial charge in [-0.15, -0.1) is 11.8 Å². The van der Waals surface area contributed by atoms with Gasteiger partial charge in [-0.3, -0.25) is 9.59 Å². The van der Waals surface area contributed by atoms with Crippen molar-refractivity contribution in [1.29, 1.82) is 0 Å². The largest absolute Gasteiger partial charge is 0.497 e. The third kappa shape index (κ3) is 7.66. The number of benzene rings is 3. The maximum atomic E-state index is 13.5. The van der Waals surface area contributed by atoms with Gasteiger partial charge in [0, 0.05) is 36.6 Å². The van der Waals surface area contributed by atoms with E-state index in [1.54, 1.807) is 23.8 Å². The number of nitrogens with one attached hydrogen (secondary N) is 1. The zero-order valence-electron chi connectivity index (χ0n) is 19.8. The van der Waals surface area contributed by atoms with Gasteiger partial charge in [-0.05, 0) is 42.3 Å². The van der Waals surface area contributed by atoms with Crippen molar-refractivity contribution in [3.8, 4) is 5.75 Å². The van der Waals surface area contributed by atoms with E-state index in [9.17, 15) is 9.59 Å². The summed E-state index contributed by atoms with van der Waals surface area (Å²) in [6.07, 6.45) is 0.794. The van der Waals surface area contributed by atoms with Gasteiger partial charge in [0.05, 0.1) is 7.11 Å². The molecular formula is C28H32N2O3S. The Kier molecular flexibility index (Phi) is 10.0. The van der Waals surface area contributed by atoms with E-state index in [1.807, 2.05) is 91.9 Å². The molecule has 0 radical (unpaired) electrons.